The Bertz CT molecular complexity index is 635. The zero-order chi connectivity index (χ0) is 16.4. The molecule has 7 nitrogen and oxygen atoms in total. The Labute approximate surface area is 124 Å². The number of hydrogen-bond donors (Lipinski definition) is 3. The van der Waals surface area contributed by atoms with E-state index in [2.05, 4.69) is 5.32 Å². The molecule has 0 unspecified atom stereocenters. The van der Waals surface area contributed by atoms with Gasteiger partial charge in [0.2, 0.25) is 15.9 Å². The highest BCUT2D eigenvalue weighted by Crippen LogP contribution is 2.28. The van der Waals surface area contributed by atoms with Crippen LogP contribution in [0, 0.1) is 5.41 Å². The van der Waals surface area contributed by atoms with Crippen molar-refractivity contribution in [3.05, 3.63) is 18.2 Å². The van der Waals surface area contributed by atoms with Crippen LogP contribution in [0.2, 0.25) is 0 Å². The third-order valence-corrected chi connectivity index (χ3v) is 3.88. The van der Waals surface area contributed by atoms with Crippen LogP contribution < -0.4 is 20.9 Å². The number of anilines is 1. The maximum absolute atomic E-state index is 12.1. The molecule has 0 saturated heterocycles. The lowest BCUT2D eigenvalue weighted by Crippen LogP contribution is -2.45. The number of nitrogens with two attached hydrogens (primary N) is 2. The van der Waals surface area contributed by atoms with Crippen LogP contribution in [0.3, 0.4) is 0 Å². The molecule has 0 aliphatic rings. The van der Waals surface area contributed by atoms with Crippen molar-refractivity contribution >= 4 is 21.6 Å². The van der Waals surface area contributed by atoms with Gasteiger partial charge in [-0.25, -0.2) is 13.6 Å². The molecule has 1 aromatic rings. The van der Waals surface area contributed by atoms with Crippen molar-refractivity contribution in [2.45, 2.75) is 31.7 Å². The molecular formula is C13H21N3O4S. The van der Waals surface area contributed by atoms with Crippen molar-refractivity contribution in [3.8, 4) is 5.75 Å². The number of methoxy groups -OCH3 is 1. The molecule has 0 fully saturated rings. The molecule has 8 heteroatoms. The Kier molecular flexibility index (Phi) is 4.98. The molecule has 21 heavy (non-hydrogen) atoms. The van der Waals surface area contributed by atoms with Crippen LogP contribution in [-0.2, 0) is 14.8 Å². The first-order chi connectivity index (χ1) is 9.46. The lowest BCUT2D eigenvalue weighted by Gasteiger charge is -2.26. The second-order valence-electron chi connectivity index (χ2n) is 5.74. The van der Waals surface area contributed by atoms with Gasteiger partial charge in [0.1, 0.15) is 5.75 Å². The third-order valence-electron chi connectivity index (χ3n) is 2.97. The van der Waals surface area contributed by atoms with E-state index in [9.17, 15) is 13.2 Å². The van der Waals surface area contributed by atoms with E-state index in [0.717, 1.165) is 0 Å². The van der Waals surface area contributed by atoms with Gasteiger partial charge >= 0.3 is 0 Å². The third kappa shape index (κ3) is 4.42. The molecule has 0 aromatic heterocycles. The summed E-state index contributed by atoms with van der Waals surface area (Å²) < 4.78 is 27.8. The van der Waals surface area contributed by atoms with Crippen molar-refractivity contribution in [1.82, 2.24) is 0 Å². The Morgan fingerprint density at radius 2 is 1.90 bits per heavy atom. The predicted octanol–water partition coefficient (Wildman–Crippen LogP) is 0.655. The molecule has 0 saturated carbocycles. The molecule has 0 radical (unpaired) electrons. The highest BCUT2D eigenvalue weighted by atomic mass is 32.2. The van der Waals surface area contributed by atoms with Gasteiger partial charge in [0.05, 0.1) is 23.7 Å². The van der Waals surface area contributed by atoms with E-state index < -0.39 is 27.4 Å². The molecule has 0 aliphatic heterocycles. The van der Waals surface area contributed by atoms with Gasteiger partial charge in [0.15, 0.2) is 0 Å². The molecule has 1 amide bonds. The van der Waals surface area contributed by atoms with Gasteiger partial charge in [-0.15, -0.1) is 0 Å². The topological polar surface area (TPSA) is 125 Å². The quantitative estimate of drug-likeness (QED) is 0.752. The summed E-state index contributed by atoms with van der Waals surface area (Å²) in [6.07, 6.45) is 0. The normalized spacial score (nSPS) is 13.6. The Morgan fingerprint density at radius 1 is 1.33 bits per heavy atom. The van der Waals surface area contributed by atoms with Crippen molar-refractivity contribution in [2.75, 3.05) is 12.4 Å². The van der Waals surface area contributed by atoms with Crippen LogP contribution in [0.5, 0.6) is 5.75 Å². The lowest BCUT2D eigenvalue weighted by molar-refractivity contribution is -0.119. The SMILES string of the molecule is COc1ccc(S(N)(=O)=O)cc1NC(=O)[C@H](N)C(C)(C)C. The average Bonchev–Trinajstić information content (AvgIpc) is 2.35. The van der Waals surface area contributed by atoms with E-state index in [0.29, 0.717) is 5.75 Å². The molecule has 5 N–H and O–H groups in total. The Hall–Kier alpha value is -1.64. The smallest absolute Gasteiger partial charge is 0.241 e. The van der Waals surface area contributed by atoms with Crippen molar-refractivity contribution in [1.29, 1.82) is 0 Å². The summed E-state index contributed by atoms with van der Waals surface area (Å²) in [5.41, 5.74) is 5.63. The van der Waals surface area contributed by atoms with Gasteiger partial charge in [0, 0.05) is 0 Å². The van der Waals surface area contributed by atoms with Crippen LogP contribution in [0.4, 0.5) is 5.69 Å². The first-order valence-corrected chi connectivity index (χ1v) is 7.78. The predicted molar refractivity (Wildman–Crippen MR) is 80.4 cm³/mol. The molecule has 1 aromatic carbocycles. The number of amides is 1. The number of rotatable bonds is 4. The fourth-order valence-corrected chi connectivity index (χ4v) is 2.11. The number of carbonyl (C=O) groups is 1. The van der Waals surface area contributed by atoms with Crippen LogP contribution in [0.1, 0.15) is 20.8 Å². The van der Waals surface area contributed by atoms with Gasteiger partial charge in [-0.2, -0.15) is 0 Å². The fourth-order valence-electron chi connectivity index (χ4n) is 1.57. The van der Waals surface area contributed by atoms with E-state index >= 15 is 0 Å². The second kappa shape index (κ2) is 6.00. The fraction of sp³-hybridized carbons (Fsp3) is 0.462. The largest absolute Gasteiger partial charge is 0.495 e. The molecule has 0 spiro atoms. The number of hydrogen-bond acceptors (Lipinski definition) is 5. The van der Waals surface area contributed by atoms with Crippen molar-refractivity contribution < 1.29 is 17.9 Å². The van der Waals surface area contributed by atoms with E-state index in [-0.39, 0.29) is 10.6 Å². The maximum atomic E-state index is 12.1. The highest BCUT2D eigenvalue weighted by Gasteiger charge is 2.28. The minimum atomic E-state index is -3.87. The number of benzene rings is 1. The molecule has 0 heterocycles. The van der Waals surface area contributed by atoms with Crippen molar-refractivity contribution in [2.24, 2.45) is 16.3 Å². The number of primary sulfonamides is 1. The van der Waals surface area contributed by atoms with Crippen LogP contribution >= 0.6 is 0 Å². The zero-order valence-corrected chi connectivity index (χ0v) is 13.3. The summed E-state index contributed by atoms with van der Waals surface area (Å²) in [6, 6.07) is 3.19. The van der Waals surface area contributed by atoms with Gasteiger partial charge < -0.3 is 15.8 Å². The molecule has 0 bridgehead atoms. The summed E-state index contributed by atoms with van der Waals surface area (Å²) in [5, 5.41) is 7.64. The first kappa shape index (κ1) is 17.4. The summed E-state index contributed by atoms with van der Waals surface area (Å²) >= 11 is 0. The number of carbonyl (C=O) groups excluding carboxylic acids is 1. The summed E-state index contributed by atoms with van der Waals surface area (Å²) in [7, 11) is -2.46. The Morgan fingerprint density at radius 3 is 2.33 bits per heavy atom. The molecule has 1 rings (SSSR count). The molecular weight excluding hydrogens is 294 g/mol. The maximum Gasteiger partial charge on any atom is 0.241 e. The molecule has 118 valence electrons. The standard InChI is InChI=1S/C13H21N3O4S/c1-13(2,3)11(14)12(17)16-9-7-8(21(15,18)19)5-6-10(9)20-4/h5-7,11H,14H2,1-4H3,(H,16,17)(H2,15,18,19)/t11-/m0/s1. The van der Waals surface area contributed by atoms with Crippen LogP contribution in [-0.4, -0.2) is 27.5 Å². The molecule has 0 aliphatic carbocycles. The monoisotopic (exact) mass is 315 g/mol. The summed E-state index contributed by atoms with van der Waals surface area (Å²) in [6.45, 7) is 5.49. The number of nitrogens with one attached hydrogen (secondary N) is 1. The van der Waals surface area contributed by atoms with E-state index in [4.69, 9.17) is 15.6 Å². The lowest BCUT2D eigenvalue weighted by atomic mass is 9.87. The van der Waals surface area contributed by atoms with Gasteiger partial charge in [-0.1, -0.05) is 20.8 Å². The van der Waals surface area contributed by atoms with Crippen LogP contribution in [0.25, 0.3) is 0 Å². The van der Waals surface area contributed by atoms with Crippen molar-refractivity contribution in [3.63, 3.8) is 0 Å². The van der Waals surface area contributed by atoms with E-state index in [1.54, 1.807) is 0 Å². The minimum absolute atomic E-state index is 0.122. The zero-order valence-electron chi connectivity index (χ0n) is 12.5. The van der Waals surface area contributed by atoms with E-state index in [1.165, 1.54) is 25.3 Å². The summed E-state index contributed by atoms with van der Waals surface area (Å²) in [5.74, 6) is -0.121. The summed E-state index contributed by atoms with van der Waals surface area (Å²) in [4.78, 5) is 12.0. The number of sulfonamides is 1. The van der Waals surface area contributed by atoms with E-state index in [1.807, 2.05) is 20.8 Å². The average molecular weight is 315 g/mol. The Balaban J connectivity index is 3.15. The van der Waals surface area contributed by atoms with Crippen LogP contribution in [0.15, 0.2) is 23.1 Å². The van der Waals surface area contributed by atoms with Gasteiger partial charge in [-0.3, -0.25) is 4.79 Å². The molecule has 1 atom stereocenters. The number of ether oxygens (including phenoxy) is 1. The minimum Gasteiger partial charge on any atom is -0.495 e. The first-order valence-electron chi connectivity index (χ1n) is 6.24. The highest BCUT2D eigenvalue weighted by molar-refractivity contribution is 7.89. The van der Waals surface area contributed by atoms with Gasteiger partial charge in [-0.05, 0) is 23.6 Å². The van der Waals surface area contributed by atoms with Gasteiger partial charge in [0.25, 0.3) is 0 Å². The second-order valence-corrected chi connectivity index (χ2v) is 7.30.